The molecule has 25 heavy (non-hydrogen) atoms. The van der Waals surface area contributed by atoms with Gasteiger partial charge in [-0.25, -0.2) is 0 Å². The quantitative estimate of drug-likeness (QED) is 0.907. The summed E-state index contributed by atoms with van der Waals surface area (Å²) in [5, 5.41) is 8.56. The molecule has 0 aliphatic carbocycles. The zero-order valence-corrected chi connectivity index (χ0v) is 15.3. The highest BCUT2D eigenvalue weighted by atomic mass is 16.2. The third kappa shape index (κ3) is 3.52. The third-order valence-electron chi connectivity index (χ3n) is 4.67. The monoisotopic (exact) mass is 342 g/mol. The van der Waals surface area contributed by atoms with E-state index in [9.17, 15) is 9.59 Å². The van der Waals surface area contributed by atoms with Crippen LogP contribution in [0, 0.1) is 5.92 Å². The van der Waals surface area contributed by atoms with Crippen molar-refractivity contribution in [2.45, 2.75) is 52.6 Å². The lowest BCUT2D eigenvalue weighted by molar-refractivity contribution is -0.136. The van der Waals surface area contributed by atoms with Crippen LogP contribution in [0.15, 0.2) is 24.4 Å². The van der Waals surface area contributed by atoms with Gasteiger partial charge in [-0.05, 0) is 44.4 Å². The Morgan fingerprint density at radius 2 is 2.00 bits per heavy atom. The van der Waals surface area contributed by atoms with Gasteiger partial charge in [0.2, 0.25) is 11.8 Å². The normalized spacial score (nSPS) is 16.2. The van der Waals surface area contributed by atoms with Crippen molar-refractivity contribution in [2.75, 3.05) is 11.9 Å². The Bertz CT molecular complexity index is 794. The van der Waals surface area contributed by atoms with Crippen LogP contribution < -0.4 is 5.32 Å². The maximum Gasteiger partial charge on any atom is 0.247 e. The summed E-state index contributed by atoms with van der Waals surface area (Å²) in [5.41, 5.74) is 1.56. The first kappa shape index (κ1) is 17.5. The van der Waals surface area contributed by atoms with Crippen molar-refractivity contribution >= 4 is 28.4 Å². The zero-order valence-electron chi connectivity index (χ0n) is 15.3. The van der Waals surface area contributed by atoms with Gasteiger partial charge in [0.25, 0.3) is 0 Å². The van der Waals surface area contributed by atoms with E-state index in [0.29, 0.717) is 18.7 Å². The predicted molar refractivity (Wildman–Crippen MR) is 98.3 cm³/mol. The average Bonchev–Trinajstić information content (AvgIpc) is 3.13. The molecule has 1 fully saturated rings. The van der Waals surface area contributed by atoms with Crippen LogP contribution in [-0.4, -0.2) is 39.1 Å². The van der Waals surface area contributed by atoms with E-state index in [1.165, 1.54) is 0 Å². The van der Waals surface area contributed by atoms with E-state index in [1.807, 2.05) is 42.9 Å². The standard InChI is InChI=1S/C19H26N4O2/c1-12(2)18(22-9-5-6-17(22)24)19(25)20-15-8-7-14-11-23(13(3)4)21-16(14)10-15/h7-8,10-13,18H,5-6,9H2,1-4H3,(H,20,25)/t18-/m1/s1. The number of likely N-dealkylation sites (tertiary alicyclic amines) is 1. The average molecular weight is 342 g/mol. The molecule has 1 aromatic carbocycles. The second kappa shape index (κ2) is 6.86. The van der Waals surface area contributed by atoms with Crippen LogP contribution in [0.25, 0.3) is 10.9 Å². The van der Waals surface area contributed by atoms with Gasteiger partial charge < -0.3 is 10.2 Å². The highest BCUT2D eigenvalue weighted by Crippen LogP contribution is 2.23. The van der Waals surface area contributed by atoms with Gasteiger partial charge in [0.05, 0.1) is 5.52 Å². The van der Waals surface area contributed by atoms with Crippen molar-refractivity contribution in [1.82, 2.24) is 14.7 Å². The molecule has 2 aromatic rings. The molecular weight excluding hydrogens is 316 g/mol. The molecule has 2 amide bonds. The van der Waals surface area contributed by atoms with E-state index < -0.39 is 6.04 Å². The van der Waals surface area contributed by atoms with E-state index in [4.69, 9.17) is 0 Å². The Hall–Kier alpha value is -2.37. The molecule has 0 unspecified atom stereocenters. The van der Waals surface area contributed by atoms with Gasteiger partial charge in [-0.2, -0.15) is 5.10 Å². The lowest BCUT2D eigenvalue weighted by Gasteiger charge is -2.29. The molecule has 1 aromatic heterocycles. The molecule has 3 rings (SSSR count). The largest absolute Gasteiger partial charge is 0.330 e. The first-order chi connectivity index (χ1) is 11.9. The van der Waals surface area contributed by atoms with E-state index >= 15 is 0 Å². The van der Waals surface area contributed by atoms with Crippen LogP contribution in [0.1, 0.15) is 46.6 Å². The van der Waals surface area contributed by atoms with Crippen molar-refractivity contribution in [3.63, 3.8) is 0 Å². The van der Waals surface area contributed by atoms with Crippen LogP contribution in [0.3, 0.4) is 0 Å². The SMILES string of the molecule is CC(C)[C@H](C(=O)Nc1ccc2cn(C(C)C)nc2c1)N1CCCC1=O. The van der Waals surface area contributed by atoms with Crippen LogP contribution >= 0.6 is 0 Å². The molecule has 2 heterocycles. The van der Waals surface area contributed by atoms with Crippen LogP contribution in [0.4, 0.5) is 5.69 Å². The molecule has 134 valence electrons. The first-order valence-electron chi connectivity index (χ1n) is 8.96. The van der Waals surface area contributed by atoms with Gasteiger partial charge in [-0.1, -0.05) is 13.8 Å². The van der Waals surface area contributed by atoms with Gasteiger partial charge in [0, 0.05) is 36.3 Å². The number of hydrogen-bond donors (Lipinski definition) is 1. The van der Waals surface area contributed by atoms with E-state index in [0.717, 1.165) is 17.3 Å². The number of carbonyl (C=O) groups is 2. The van der Waals surface area contributed by atoms with Gasteiger partial charge in [-0.15, -0.1) is 0 Å². The van der Waals surface area contributed by atoms with Gasteiger partial charge in [-0.3, -0.25) is 14.3 Å². The number of nitrogens with one attached hydrogen (secondary N) is 1. The van der Waals surface area contributed by atoms with Crippen molar-refractivity contribution in [1.29, 1.82) is 0 Å². The van der Waals surface area contributed by atoms with E-state index in [-0.39, 0.29) is 23.8 Å². The fraction of sp³-hybridized carbons (Fsp3) is 0.526. The zero-order chi connectivity index (χ0) is 18.1. The molecule has 0 radical (unpaired) electrons. The lowest BCUT2D eigenvalue weighted by Crippen LogP contribution is -2.47. The molecule has 0 spiro atoms. The van der Waals surface area contributed by atoms with E-state index in [1.54, 1.807) is 4.90 Å². The lowest BCUT2D eigenvalue weighted by atomic mass is 10.0. The minimum atomic E-state index is -0.432. The summed E-state index contributed by atoms with van der Waals surface area (Å²) in [6.07, 6.45) is 3.37. The third-order valence-corrected chi connectivity index (χ3v) is 4.67. The molecule has 1 aliphatic rings. The van der Waals surface area contributed by atoms with Gasteiger partial charge in [0.1, 0.15) is 6.04 Å². The van der Waals surface area contributed by atoms with Gasteiger partial charge in [0.15, 0.2) is 0 Å². The van der Waals surface area contributed by atoms with Crippen molar-refractivity contribution in [3.8, 4) is 0 Å². The minimum absolute atomic E-state index is 0.0610. The molecule has 1 aliphatic heterocycles. The van der Waals surface area contributed by atoms with E-state index in [2.05, 4.69) is 24.3 Å². The number of carbonyl (C=O) groups excluding carboxylic acids is 2. The molecule has 1 N–H and O–H groups in total. The van der Waals surface area contributed by atoms with Crippen LogP contribution in [0.2, 0.25) is 0 Å². The highest BCUT2D eigenvalue weighted by Gasteiger charge is 2.34. The summed E-state index contributed by atoms with van der Waals surface area (Å²) in [6, 6.07) is 5.59. The summed E-state index contributed by atoms with van der Waals surface area (Å²) in [5.74, 6) is -0.00111. The summed E-state index contributed by atoms with van der Waals surface area (Å²) in [6.45, 7) is 8.77. The number of fused-ring (bicyclic) bond motifs is 1. The summed E-state index contributed by atoms with van der Waals surface area (Å²) >= 11 is 0. The van der Waals surface area contributed by atoms with Crippen molar-refractivity contribution in [2.24, 2.45) is 5.92 Å². The smallest absolute Gasteiger partial charge is 0.247 e. The second-order valence-electron chi connectivity index (χ2n) is 7.35. The summed E-state index contributed by atoms with van der Waals surface area (Å²) in [7, 11) is 0. The Balaban J connectivity index is 1.81. The van der Waals surface area contributed by atoms with Crippen molar-refractivity contribution < 1.29 is 9.59 Å². The fourth-order valence-electron chi connectivity index (χ4n) is 3.36. The Labute approximate surface area is 148 Å². The number of aromatic nitrogens is 2. The number of amides is 2. The maximum absolute atomic E-state index is 12.8. The highest BCUT2D eigenvalue weighted by molar-refractivity contribution is 5.99. The maximum atomic E-state index is 12.8. The molecule has 0 saturated carbocycles. The number of rotatable bonds is 5. The van der Waals surface area contributed by atoms with Crippen LogP contribution in [-0.2, 0) is 9.59 Å². The Morgan fingerprint density at radius 1 is 1.24 bits per heavy atom. The Kier molecular flexibility index (Phi) is 4.79. The molecule has 0 bridgehead atoms. The number of benzene rings is 1. The molecule has 6 nitrogen and oxygen atoms in total. The topological polar surface area (TPSA) is 67.2 Å². The van der Waals surface area contributed by atoms with Gasteiger partial charge >= 0.3 is 0 Å². The summed E-state index contributed by atoms with van der Waals surface area (Å²) in [4.78, 5) is 26.6. The molecule has 1 atom stereocenters. The predicted octanol–water partition coefficient (Wildman–Crippen LogP) is 3.20. The van der Waals surface area contributed by atoms with Crippen LogP contribution in [0.5, 0.6) is 0 Å². The molecule has 6 heteroatoms. The minimum Gasteiger partial charge on any atom is -0.330 e. The first-order valence-corrected chi connectivity index (χ1v) is 8.96. The summed E-state index contributed by atoms with van der Waals surface area (Å²) < 4.78 is 1.91. The second-order valence-corrected chi connectivity index (χ2v) is 7.35. The number of hydrogen-bond acceptors (Lipinski definition) is 3. The Morgan fingerprint density at radius 3 is 2.60 bits per heavy atom. The fourth-order valence-corrected chi connectivity index (χ4v) is 3.36. The number of nitrogens with zero attached hydrogens (tertiary/aromatic N) is 3. The van der Waals surface area contributed by atoms with Crippen molar-refractivity contribution in [3.05, 3.63) is 24.4 Å². The number of anilines is 1. The molecule has 1 saturated heterocycles. The molecular formula is C19H26N4O2.